The summed E-state index contributed by atoms with van der Waals surface area (Å²) in [7, 11) is 1.64. The van der Waals surface area contributed by atoms with Gasteiger partial charge in [0, 0.05) is 18.0 Å². The molecule has 8 nitrogen and oxygen atoms in total. The second-order valence-electron chi connectivity index (χ2n) is 8.16. The Balaban J connectivity index is 1.29. The molecular weight excluding hydrogens is 384 g/mol. The summed E-state index contributed by atoms with van der Waals surface area (Å²) in [5.41, 5.74) is 1.68. The number of aromatic nitrogens is 3. The van der Waals surface area contributed by atoms with E-state index in [0.29, 0.717) is 6.54 Å². The molecular formula is C22H30N4O4. The molecule has 0 radical (unpaired) electrons. The van der Waals surface area contributed by atoms with E-state index in [4.69, 9.17) is 9.47 Å². The minimum Gasteiger partial charge on any atom is -0.496 e. The maximum Gasteiger partial charge on any atom is 0.223 e. The largest absolute Gasteiger partial charge is 0.496 e. The standard InChI is InChI=1S/C22H30N4O4/c1-29-20-8-3-2-7-17(20)19-13-26(25-24-19)12-11-16-9-10-18(21(14-27)30-16)23-22(28)15-5-4-6-15/h2-3,7-8,13,15-16,18,21,27H,4-6,9-12,14H2,1H3,(H,23,28)/t16-,18+,21-/m1/s1. The molecule has 2 N–H and O–H groups in total. The third-order valence-corrected chi connectivity index (χ3v) is 6.20. The summed E-state index contributed by atoms with van der Waals surface area (Å²) in [6, 6.07) is 7.62. The van der Waals surface area contributed by atoms with Gasteiger partial charge in [-0.05, 0) is 44.2 Å². The van der Waals surface area contributed by atoms with Crippen molar-refractivity contribution in [2.75, 3.05) is 13.7 Å². The molecule has 2 aromatic rings. The van der Waals surface area contributed by atoms with Crippen LogP contribution in [0.1, 0.15) is 38.5 Å². The van der Waals surface area contributed by atoms with Crippen molar-refractivity contribution in [3.05, 3.63) is 30.5 Å². The van der Waals surface area contributed by atoms with Gasteiger partial charge in [-0.1, -0.05) is 23.8 Å². The van der Waals surface area contributed by atoms with Crippen LogP contribution >= 0.6 is 0 Å². The predicted molar refractivity (Wildman–Crippen MR) is 111 cm³/mol. The van der Waals surface area contributed by atoms with Gasteiger partial charge in [0.1, 0.15) is 17.5 Å². The quantitative estimate of drug-likeness (QED) is 0.687. The summed E-state index contributed by atoms with van der Waals surface area (Å²) in [6.07, 6.45) is 7.09. The van der Waals surface area contributed by atoms with Crippen LogP contribution in [0.25, 0.3) is 11.3 Å². The van der Waals surface area contributed by atoms with E-state index >= 15 is 0 Å². The molecule has 30 heavy (non-hydrogen) atoms. The van der Waals surface area contributed by atoms with Crippen LogP contribution in [-0.2, 0) is 16.1 Å². The first kappa shape index (κ1) is 20.8. The topological polar surface area (TPSA) is 98.5 Å². The van der Waals surface area contributed by atoms with Gasteiger partial charge in [-0.25, -0.2) is 0 Å². The number of benzene rings is 1. The van der Waals surface area contributed by atoms with Crippen molar-refractivity contribution in [2.24, 2.45) is 5.92 Å². The van der Waals surface area contributed by atoms with Gasteiger partial charge in [-0.3, -0.25) is 9.48 Å². The lowest BCUT2D eigenvalue weighted by Crippen LogP contribution is -2.52. The molecule has 1 aromatic carbocycles. The minimum atomic E-state index is -0.354. The van der Waals surface area contributed by atoms with E-state index in [9.17, 15) is 9.90 Å². The normalized spacial score (nSPS) is 24.3. The van der Waals surface area contributed by atoms with E-state index in [2.05, 4.69) is 15.6 Å². The highest BCUT2D eigenvalue weighted by atomic mass is 16.5. The zero-order valence-corrected chi connectivity index (χ0v) is 17.4. The van der Waals surface area contributed by atoms with Crippen molar-refractivity contribution in [1.82, 2.24) is 20.3 Å². The summed E-state index contributed by atoms with van der Waals surface area (Å²) < 4.78 is 13.3. The average molecular weight is 415 g/mol. The number of ether oxygens (including phenoxy) is 2. The SMILES string of the molecule is COc1ccccc1-c1cn(CC[C@H]2CC[C@H](NC(=O)C3CCC3)[C@@H](CO)O2)nn1. The molecule has 4 rings (SSSR count). The number of amides is 1. The number of aryl methyl sites for hydroxylation is 1. The molecule has 2 heterocycles. The fraction of sp³-hybridized carbons (Fsp3) is 0.591. The number of carbonyl (C=O) groups excluding carboxylic acids is 1. The van der Waals surface area contributed by atoms with Crippen molar-refractivity contribution >= 4 is 5.91 Å². The number of methoxy groups -OCH3 is 1. The molecule has 1 saturated carbocycles. The lowest BCUT2D eigenvalue weighted by molar-refractivity contribution is -0.134. The number of nitrogens with zero attached hydrogens (tertiary/aromatic N) is 3. The Morgan fingerprint density at radius 3 is 2.87 bits per heavy atom. The Morgan fingerprint density at radius 2 is 2.13 bits per heavy atom. The molecule has 8 heteroatoms. The van der Waals surface area contributed by atoms with Crippen LogP contribution in [0.3, 0.4) is 0 Å². The van der Waals surface area contributed by atoms with Crippen molar-refractivity contribution in [2.45, 2.75) is 63.3 Å². The van der Waals surface area contributed by atoms with Crippen molar-refractivity contribution < 1.29 is 19.4 Å². The predicted octanol–water partition coefficient (Wildman–Crippen LogP) is 2.17. The molecule has 1 saturated heterocycles. The molecule has 1 aromatic heterocycles. The molecule has 162 valence electrons. The van der Waals surface area contributed by atoms with Crippen LogP contribution in [0.4, 0.5) is 0 Å². The lowest BCUT2D eigenvalue weighted by Gasteiger charge is -2.37. The molecule has 3 atom stereocenters. The first-order valence-electron chi connectivity index (χ1n) is 10.8. The van der Waals surface area contributed by atoms with E-state index in [1.54, 1.807) is 7.11 Å². The molecule has 2 aliphatic rings. The molecule has 0 bridgehead atoms. The highest BCUT2D eigenvalue weighted by Gasteiger charge is 2.34. The Kier molecular flexibility index (Phi) is 6.64. The number of carbonyl (C=O) groups is 1. The Morgan fingerprint density at radius 1 is 1.30 bits per heavy atom. The molecule has 2 fully saturated rings. The third kappa shape index (κ3) is 4.65. The van der Waals surface area contributed by atoms with Crippen LogP contribution in [0.15, 0.2) is 30.5 Å². The van der Waals surface area contributed by atoms with E-state index in [-0.39, 0.29) is 36.7 Å². The van der Waals surface area contributed by atoms with Gasteiger partial charge >= 0.3 is 0 Å². The van der Waals surface area contributed by atoms with Gasteiger partial charge in [0.25, 0.3) is 0 Å². The number of rotatable bonds is 8. The molecule has 0 unspecified atom stereocenters. The van der Waals surface area contributed by atoms with Crippen LogP contribution in [0.5, 0.6) is 5.75 Å². The summed E-state index contributed by atoms with van der Waals surface area (Å²) in [5, 5.41) is 21.3. The molecule has 1 aliphatic heterocycles. The van der Waals surface area contributed by atoms with Crippen molar-refractivity contribution in [1.29, 1.82) is 0 Å². The maximum absolute atomic E-state index is 12.2. The van der Waals surface area contributed by atoms with E-state index in [1.807, 2.05) is 35.1 Å². The number of para-hydroxylation sites is 1. The average Bonchev–Trinajstić information content (AvgIpc) is 3.20. The zero-order chi connectivity index (χ0) is 20.9. The van der Waals surface area contributed by atoms with E-state index in [1.165, 1.54) is 0 Å². The summed E-state index contributed by atoms with van der Waals surface area (Å²) in [5.74, 6) is 1.02. The maximum atomic E-state index is 12.2. The van der Waals surface area contributed by atoms with Gasteiger partial charge in [0.2, 0.25) is 5.91 Å². The smallest absolute Gasteiger partial charge is 0.223 e. The fourth-order valence-electron chi connectivity index (χ4n) is 4.14. The van der Waals surface area contributed by atoms with Crippen LogP contribution < -0.4 is 10.1 Å². The summed E-state index contributed by atoms with van der Waals surface area (Å²) in [6.45, 7) is 0.581. The Hall–Kier alpha value is -2.45. The number of hydrogen-bond acceptors (Lipinski definition) is 6. The minimum absolute atomic E-state index is 0.0258. The highest BCUT2D eigenvalue weighted by Crippen LogP contribution is 2.29. The van der Waals surface area contributed by atoms with Crippen LogP contribution in [0.2, 0.25) is 0 Å². The Labute approximate surface area is 176 Å². The van der Waals surface area contributed by atoms with Crippen LogP contribution in [-0.4, -0.2) is 58.0 Å². The van der Waals surface area contributed by atoms with Crippen LogP contribution in [0, 0.1) is 5.92 Å². The molecule has 1 amide bonds. The second kappa shape index (κ2) is 9.57. The summed E-state index contributed by atoms with van der Waals surface area (Å²) >= 11 is 0. The van der Waals surface area contributed by atoms with Gasteiger partial charge < -0.3 is 19.9 Å². The zero-order valence-electron chi connectivity index (χ0n) is 17.4. The molecule has 1 aliphatic carbocycles. The van der Waals surface area contributed by atoms with Crippen molar-refractivity contribution in [3.8, 4) is 17.0 Å². The fourth-order valence-corrected chi connectivity index (χ4v) is 4.14. The number of aliphatic hydroxyl groups excluding tert-OH is 1. The number of aliphatic hydroxyl groups is 1. The number of nitrogens with one attached hydrogen (secondary N) is 1. The summed E-state index contributed by atoms with van der Waals surface area (Å²) in [4.78, 5) is 12.2. The Bertz CT molecular complexity index is 851. The number of hydrogen-bond donors (Lipinski definition) is 2. The van der Waals surface area contributed by atoms with Gasteiger partial charge in [-0.2, -0.15) is 0 Å². The van der Waals surface area contributed by atoms with E-state index in [0.717, 1.165) is 55.5 Å². The highest BCUT2D eigenvalue weighted by molar-refractivity contribution is 5.79. The van der Waals surface area contributed by atoms with Gasteiger partial charge in [0.05, 0.1) is 32.1 Å². The third-order valence-electron chi connectivity index (χ3n) is 6.20. The lowest BCUT2D eigenvalue weighted by atomic mass is 9.84. The first-order chi connectivity index (χ1) is 14.7. The second-order valence-corrected chi connectivity index (χ2v) is 8.16. The van der Waals surface area contributed by atoms with Gasteiger partial charge in [0.15, 0.2) is 0 Å². The van der Waals surface area contributed by atoms with Gasteiger partial charge in [-0.15, -0.1) is 5.10 Å². The monoisotopic (exact) mass is 414 g/mol. The van der Waals surface area contributed by atoms with Crippen molar-refractivity contribution in [3.63, 3.8) is 0 Å². The van der Waals surface area contributed by atoms with E-state index < -0.39 is 0 Å². The molecule has 0 spiro atoms. The first-order valence-corrected chi connectivity index (χ1v) is 10.8.